The highest BCUT2D eigenvalue weighted by Gasteiger charge is 2.27. The van der Waals surface area contributed by atoms with Gasteiger partial charge in [0.1, 0.15) is 0 Å². The fraction of sp³-hybridized carbons (Fsp3) is 0.692. The molecule has 1 heteroatoms. The van der Waals surface area contributed by atoms with Gasteiger partial charge in [-0.15, -0.1) is 0 Å². The van der Waals surface area contributed by atoms with Gasteiger partial charge in [0.2, 0.25) is 0 Å². The minimum absolute atomic E-state index is 0.223. The van der Waals surface area contributed by atoms with Gasteiger partial charge in [0.25, 0.3) is 0 Å². The van der Waals surface area contributed by atoms with Crippen LogP contribution in [0, 0.1) is 0 Å². The topological polar surface area (TPSA) is 4.93 Å². The molecule has 0 aliphatic heterocycles. The van der Waals surface area contributed by atoms with Gasteiger partial charge in [0, 0.05) is 24.4 Å². The van der Waals surface area contributed by atoms with Crippen LogP contribution in [-0.4, -0.2) is 4.57 Å². The van der Waals surface area contributed by atoms with Crippen LogP contribution in [0.3, 0.4) is 0 Å². The van der Waals surface area contributed by atoms with Crippen molar-refractivity contribution in [2.75, 3.05) is 0 Å². The zero-order valence-electron chi connectivity index (χ0n) is 10.6. The summed E-state index contributed by atoms with van der Waals surface area (Å²) in [4.78, 5) is 0. The molecular formula is C13H23N. The van der Waals surface area contributed by atoms with Gasteiger partial charge in [0.05, 0.1) is 0 Å². The molecule has 0 radical (unpaired) electrons. The molecule has 0 saturated carbocycles. The van der Waals surface area contributed by atoms with E-state index in [0.29, 0.717) is 0 Å². The van der Waals surface area contributed by atoms with Crippen LogP contribution in [0.1, 0.15) is 52.8 Å². The molecule has 0 spiro atoms. The minimum atomic E-state index is 0.223. The number of aryl methyl sites for hydroxylation is 1. The lowest BCUT2D eigenvalue weighted by molar-refractivity contribution is 0.502. The summed E-state index contributed by atoms with van der Waals surface area (Å²) in [5.41, 5.74) is 3.38. The fourth-order valence-corrected chi connectivity index (χ4v) is 2.07. The summed E-state index contributed by atoms with van der Waals surface area (Å²) in [7, 11) is 2.13. The summed E-state index contributed by atoms with van der Waals surface area (Å²) in [5, 5.41) is 0. The van der Waals surface area contributed by atoms with Gasteiger partial charge in [-0.1, -0.05) is 41.5 Å². The highest BCUT2D eigenvalue weighted by Crippen LogP contribution is 2.33. The number of nitrogens with zero attached hydrogens (tertiary/aromatic N) is 1. The average molecular weight is 193 g/mol. The van der Waals surface area contributed by atoms with E-state index in [-0.39, 0.29) is 10.8 Å². The van der Waals surface area contributed by atoms with Crippen LogP contribution in [0.25, 0.3) is 0 Å². The van der Waals surface area contributed by atoms with Crippen molar-refractivity contribution >= 4 is 0 Å². The molecule has 1 aromatic rings. The van der Waals surface area contributed by atoms with E-state index >= 15 is 0 Å². The second kappa shape index (κ2) is 3.15. The molecule has 0 atom stereocenters. The Labute approximate surface area is 88.1 Å². The van der Waals surface area contributed by atoms with Crippen molar-refractivity contribution in [3.8, 4) is 0 Å². The molecule has 0 saturated heterocycles. The first kappa shape index (κ1) is 11.4. The molecule has 0 aliphatic rings. The molecule has 0 amide bonds. The van der Waals surface area contributed by atoms with E-state index in [9.17, 15) is 0 Å². The van der Waals surface area contributed by atoms with Crippen molar-refractivity contribution in [3.05, 3.63) is 23.5 Å². The predicted octanol–water partition coefficient (Wildman–Crippen LogP) is 3.62. The molecule has 1 heterocycles. The third-order valence-electron chi connectivity index (χ3n) is 2.59. The van der Waals surface area contributed by atoms with Gasteiger partial charge in [-0.2, -0.15) is 0 Å². The Morgan fingerprint density at radius 1 is 0.929 bits per heavy atom. The summed E-state index contributed by atoms with van der Waals surface area (Å²) >= 11 is 0. The maximum absolute atomic E-state index is 2.28. The Kier molecular flexibility index (Phi) is 2.55. The lowest BCUT2D eigenvalue weighted by atomic mass is 9.79. The lowest BCUT2D eigenvalue weighted by Crippen LogP contribution is -2.23. The number of aromatic nitrogens is 1. The zero-order valence-corrected chi connectivity index (χ0v) is 10.6. The van der Waals surface area contributed by atoms with Crippen LogP contribution in [0.5, 0.6) is 0 Å². The van der Waals surface area contributed by atoms with Crippen LogP contribution in [0.4, 0.5) is 0 Å². The molecule has 1 rings (SSSR count). The van der Waals surface area contributed by atoms with E-state index in [4.69, 9.17) is 0 Å². The Hall–Kier alpha value is -0.720. The first-order valence-electron chi connectivity index (χ1n) is 5.30. The molecular weight excluding hydrogens is 170 g/mol. The van der Waals surface area contributed by atoms with E-state index in [0.717, 1.165) is 0 Å². The van der Waals surface area contributed by atoms with Crippen LogP contribution in [0.15, 0.2) is 12.3 Å². The fourth-order valence-electron chi connectivity index (χ4n) is 2.07. The minimum Gasteiger partial charge on any atom is -0.354 e. The highest BCUT2D eigenvalue weighted by atomic mass is 14.9. The van der Waals surface area contributed by atoms with Crippen molar-refractivity contribution in [1.29, 1.82) is 0 Å². The quantitative estimate of drug-likeness (QED) is 0.593. The third-order valence-corrected chi connectivity index (χ3v) is 2.59. The highest BCUT2D eigenvalue weighted by molar-refractivity contribution is 5.33. The van der Waals surface area contributed by atoms with Crippen LogP contribution in [-0.2, 0) is 17.9 Å². The molecule has 0 aromatic carbocycles. The van der Waals surface area contributed by atoms with Gasteiger partial charge >= 0.3 is 0 Å². The van der Waals surface area contributed by atoms with Crippen LogP contribution in [0.2, 0.25) is 0 Å². The van der Waals surface area contributed by atoms with Crippen molar-refractivity contribution in [2.45, 2.75) is 52.4 Å². The number of rotatable bonds is 0. The molecule has 1 nitrogen and oxygen atoms in total. The van der Waals surface area contributed by atoms with Gasteiger partial charge in [0.15, 0.2) is 0 Å². The van der Waals surface area contributed by atoms with E-state index < -0.39 is 0 Å². The van der Waals surface area contributed by atoms with Crippen LogP contribution < -0.4 is 0 Å². The SMILES string of the molecule is Cn1ccc(C(C)(C)C)c1C(C)(C)C. The maximum atomic E-state index is 2.28. The van der Waals surface area contributed by atoms with Crippen molar-refractivity contribution in [1.82, 2.24) is 4.57 Å². The largest absolute Gasteiger partial charge is 0.354 e. The molecule has 0 fully saturated rings. The molecule has 0 unspecified atom stereocenters. The van der Waals surface area contributed by atoms with Crippen LogP contribution >= 0.6 is 0 Å². The van der Waals surface area contributed by atoms with E-state index in [2.05, 4.69) is 65.4 Å². The number of hydrogen-bond donors (Lipinski definition) is 0. The third kappa shape index (κ3) is 2.02. The van der Waals surface area contributed by atoms with E-state index in [1.54, 1.807) is 0 Å². The van der Waals surface area contributed by atoms with E-state index in [1.165, 1.54) is 11.3 Å². The summed E-state index contributed by atoms with van der Waals surface area (Å²) < 4.78 is 2.25. The molecule has 1 aromatic heterocycles. The van der Waals surface area contributed by atoms with Gasteiger partial charge < -0.3 is 4.57 Å². The van der Waals surface area contributed by atoms with Crippen molar-refractivity contribution < 1.29 is 0 Å². The summed E-state index contributed by atoms with van der Waals surface area (Å²) in [5.74, 6) is 0. The Morgan fingerprint density at radius 3 is 1.71 bits per heavy atom. The molecule has 0 aliphatic carbocycles. The molecule has 80 valence electrons. The Balaban J connectivity index is 3.35. The standard InChI is InChI=1S/C13H23N/c1-12(2,3)10-8-9-14(7)11(10)13(4,5)6/h8-9H,1-7H3. The smallest absolute Gasteiger partial charge is 0.0263 e. The van der Waals surface area contributed by atoms with Crippen molar-refractivity contribution in [2.24, 2.45) is 7.05 Å². The normalized spacial score (nSPS) is 13.4. The van der Waals surface area contributed by atoms with Gasteiger partial charge in [-0.25, -0.2) is 0 Å². The van der Waals surface area contributed by atoms with E-state index in [1.807, 2.05) is 0 Å². The Bertz CT molecular complexity index is 318. The maximum Gasteiger partial charge on any atom is 0.0263 e. The molecule has 0 N–H and O–H groups in total. The molecule has 0 bridgehead atoms. The summed E-state index contributed by atoms with van der Waals surface area (Å²) in [6.45, 7) is 13.7. The number of hydrogen-bond acceptors (Lipinski definition) is 0. The predicted molar refractivity (Wildman–Crippen MR) is 62.8 cm³/mol. The lowest BCUT2D eigenvalue weighted by Gasteiger charge is -2.28. The first-order valence-corrected chi connectivity index (χ1v) is 5.30. The first-order chi connectivity index (χ1) is 6.14. The summed E-state index contributed by atoms with van der Waals surface area (Å²) in [6, 6.07) is 2.25. The average Bonchev–Trinajstić information content (AvgIpc) is 2.27. The monoisotopic (exact) mass is 193 g/mol. The second-order valence-corrected chi connectivity index (χ2v) is 6.19. The molecule has 14 heavy (non-hydrogen) atoms. The Morgan fingerprint density at radius 2 is 1.43 bits per heavy atom. The zero-order chi connectivity index (χ0) is 11.1. The second-order valence-electron chi connectivity index (χ2n) is 6.19. The van der Waals surface area contributed by atoms with Gasteiger partial charge in [-0.05, 0) is 17.0 Å². The van der Waals surface area contributed by atoms with Gasteiger partial charge in [-0.3, -0.25) is 0 Å². The summed E-state index contributed by atoms with van der Waals surface area (Å²) in [6.07, 6.45) is 2.17. The van der Waals surface area contributed by atoms with Crippen molar-refractivity contribution in [3.63, 3.8) is 0 Å².